The Balaban J connectivity index is 1.51. The molecule has 0 spiro atoms. The lowest BCUT2D eigenvalue weighted by atomic mass is 9.94. The molecule has 5 nitrogen and oxygen atoms in total. The summed E-state index contributed by atoms with van der Waals surface area (Å²) >= 11 is 0. The van der Waals surface area contributed by atoms with Gasteiger partial charge in [-0.05, 0) is 31.2 Å². The minimum absolute atomic E-state index is 0.159. The molecule has 2 amide bonds. The van der Waals surface area contributed by atoms with Crippen molar-refractivity contribution in [2.24, 2.45) is 5.73 Å². The number of nitrogens with one attached hydrogen (secondary N) is 2. The quantitative estimate of drug-likeness (QED) is 0.699. The van der Waals surface area contributed by atoms with Crippen LogP contribution < -0.4 is 16.4 Å². The van der Waals surface area contributed by atoms with Crippen molar-refractivity contribution in [3.05, 3.63) is 35.9 Å². The molecule has 0 atom stereocenters. The predicted octanol–water partition coefficient (Wildman–Crippen LogP) is 1.77. The second-order valence-corrected chi connectivity index (χ2v) is 5.50. The van der Waals surface area contributed by atoms with Crippen LogP contribution in [-0.2, 0) is 11.3 Å². The highest BCUT2D eigenvalue weighted by Gasteiger charge is 2.18. The molecule has 116 valence electrons. The lowest BCUT2D eigenvalue weighted by Gasteiger charge is -2.26. The molecule has 1 aromatic rings. The van der Waals surface area contributed by atoms with E-state index < -0.39 is 0 Å². The highest BCUT2D eigenvalue weighted by molar-refractivity contribution is 5.73. The van der Waals surface area contributed by atoms with Gasteiger partial charge in [0.05, 0.1) is 12.7 Å². The largest absolute Gasteiger partial charge is 0.376 e. The first-order valence-corrected chi connectivity index (χ1v) is 7.67. The molecule has 1 fully saturated rings. The molecular formula is C16H25N3O2. The summed E-state index contributed by atoms with van der Waals surface area (Å²) in [6.07, 6.45) is 4.44. The molecule has 0 aliphatic heterocycles. The maximum Gasteiger partial charge on any atom is 0.315 e. The fourth-order valence-corrected chi connectivity index (χ4v) is 2.49. The molecule has 1 aromatic carbocycles. The molecule has 0 saturated heterocycles. The summed E-state index contributed by atoms with van der Waals surface area (Å²) in [6.45, 7) is 1.62. The van der Waals surface area contributed by atoms with Gasteiger partial charge in [0.2, 0.25) is 0 Å². The lowest BCUT2D eigenvalue weighted by molar-refractivity contribution is 0.0278. The van der Waals surface area contributed by atoms with Crippen LogP contribution >= 0.6 is 0 Å². The van der Waals surface area contributed by atoms with E-state index in [-0.39, 0.29) is 6.03 Å². The van der Waals surface area contributed by atoms with Gasteiger partial charge in [-0.3, -0.25) is 0 Å². The molecule has 0 unspecified atom stereocenters. The normalized spacial score (nSPS) is 21.8. The number of carbonyl (C=O) groups excluding carboxylic acids is 1. The van der Waals surface area contributed by atoms with E-state index in [1.54, 1.807) is 0 Å². The van der Waals surface area contributed by atoms with Gasteiger partial charge in [0, 0.05) is 19.1 Å². The Morgan fingerprint density at radius 2 is 1.86 bits per heavy atom. The van der Waals surface area contributed by atoms with E-state index in [0.29, 0.717) is 31.8 Å². The topological polar surface area (TPSA) is 76.4 Å². The number of hydrogen-bond donors (Lipinski definition) is 3. The summed E-state index contributed by atoms with van der Waals surface area (Å²) in [4.78, 5) is 11.6. The molecule has 21 heavy (non-hydrogen) atoms. The molecule has 1 aliphatic carbocycles. The summed E-state index contributed by atoms with van der Waals surface area (Å²) in [7, 11) is 0. The number of nitrogens with two attached hydrogens (primary N) is 1. The van der Waals surface area contributed by atoms with Crippen molar-refractivity contribution in [3.63, 3.8) is 0 Å². The minimum atomic E-state index is -0.159. The van der Waals surface area contributed by atoms with Gasteiger partial charge in [-0.1, -0.05) is 30.3 Å². The maximum absolute atomic E-state index is 11.6. The molecular weight excluding hydrogens is 266 g/mol. The predicted molar refractivity (Wildman–Crippen MR) is 82.9 cm³/mol. The van der Waals surface area contributed by atoms with Gasteiger partial charge in [0.15, 0.2) is 0 Å². The third kappa shape index (κ3) is 6.14. The van der Waals surface area contributed by atoms with E-state index in [1.165, 1.54) is 0 Å². The van der Waals surface area contributed by atoms with Crippen LogP contribution in [0.2, 0.25) is 0 Å². The molecule has 4 N–H and O–H groups in total. The number of urea groups is 1. The van der Waals surface area contributed by atoms with Crippen molar-refractivity contribution < 1.29 is 9.53 Å². The van der Waals surface area contributed by atoms with Crippen LogP contribution in [0.4, 0.5) is 4.79 Å². The van der Waals surface area contributed by atoms with Crippen molar-refractivity contribution in [2.75, 3.05) is 13.2 Å². The summed E-state index contributed by atoms with van der Waals surface area (Å²) in [6, 6.07) is 10.0. The number of hydrogen-bond acceptors (Lipinski definition) is 3. The zero-order valence-electron chi connectivity index (χ0n) is 12.4. The van der Waals surface area contributed by atoms with Gasteiger partial charge in [-0.25, -0.2) is 4.79 Å². The van der Waals surface area contributed by atoms with Gasteiger partial charge in [-0.2, -0.15) is 0 Å². The Morgan fingerprint density at radius 1 is 1.14 bits per heavy atom. The third-order valence-corrected chi connectivity index (χ3v) is 3.76. The van der Waals surface area contributed by atoms with E-state index in [9.17, 15) is 4.79 Å². The van der Waals surface area contributed by atoms with Crippen LogP contribution in [0.1, 0.15) is 31.2 Å². The Kier molecular flexibility index (Phi) is 6.50. The van der Waals surface area contributed by atoms with Crippen LogP contribution in [0.15, 0.2) is 30.3 Å². The molecule has 0 bridgehead atoms. The van der Waals surface area contributed by atoms with Crippen molar-refractivity contribution in [3.8, 4) is 0 Å². The first-order chi connectivity index (χ1) is 10.2. The number of rotatable bonds is 6. The molecule has 2 rings (SSSR count). The van der Waals surface area contributed by atoms with Crippen LogP contribution in [0.3, 0.4) is 0 Å². The fraction of sp³-hybridized carbons (Fsp3) is 0.562. The molecule has 1 aliphatic rings. The minimum Gasteiger partial charge on any atom is -0.376 e. The van der Waals surface area contributed by atoms with E-state index in [4.69, 9.17) is 10.5 Å². The van der Waals surface area contributed by atoms with Crippen molar-refractivity contribution in [1.82, 2.24) is 10.6 Å². The standard InChI is InChI=1S/C16H25N3O2/c17-14-6-8-15(9-7-14)21-11-10-18-16(20)19-12-13-4-2-1-3-5-13/h1-5,14-15H,6-12,17H2,(H2,18,19,20). The van der Waals surface area contributed by atoms with Gasteiger partial charge < -0.3 is 21.1 Å². The van der Waals surface area contributed by atoms with E-state index in [2.05, 4.69) is 10.6 Å². The van der Waals surface area contributed by atoms with Crippen molar-refractivity contribution in [1.29, 1.82) is 0 Å². The number of carbonyl (C=O) groups is 1. The lowest BCUT2D eigenvalue weighted by Crippen LogP contribution is -2.38. The number of benzene rings is 1. The highest BCUT2D eigenvalue weighted by atomic mass is 16.5. The molecule has 5 heteroatoms. The zero-order chi connectivity index (χ0) is 14.9. The van der Waals surface area contributed by atoms with Gasteiger partial charge >= 0.3 is 6.03 Å². The van der Waals surface area contributed by atoms with Crippen LogP contribution in [0.5, 0.6) is 0 Å². The molecule has 0 heterocycles. The van der Waals surface area contributed by atoms with Crippen LogP contribution in [0.25, 0.3) is 0 Å². The summed E-state index contributed by atoms with van der Waals surface area (Å²) in [5.74, 6) is 0. The Hall–Kier alpha value is -1.59. The smallest absolute Gasteiger partial charge is 0.315 e. The monoisotopic (exact) mass is 291 g/mol. The van der Waals surface area contributed by atoms with Crippen LogP contribution in [-0.4, -0.2) is 31.3 Å². The second kappa shape index (κ2) is 8.64. The maximum atomic E-state index is 11.6. The number of amides is 2. The Morgan fingerprint density at radius 3 is 2.57 bits per heavy atom. The van der Waals surface area contributed by atoms with Gasteiger partial charge in [-0.15, -0.1) is 0 Å². The summed E-state index contributed by atoms with van der Waals surface area (Å²) in [5.41, 5.74) is 6.94. The highest BCUT2D eigenvalue weighted by Crippen LogP contribution is 2.19. The molecule has 1 saturated carbocycles. The third-order valence-electron chi connectivity index (χ3n) is 3.76. The van der Waals surface area contributed by atoms with Gasteiger partial charge in [0.25, 0.3) is 0 Å². The summed E-state index contributed by atoms with van der Waals surface area (Å²) < 4.78 is 5.75. The second-order valence-electron chi connectivity index (χ2n) is 5.50. The SMILES string of the molecule is NC1CCC(OCCNC(=O)NCc2ccccc2)CC1. The first kappa shape index (κ1) is 15.8. The van der Waals surface area contributed by atoms with Crippen molar-refractivity contribution >= 4 is 6.03 Å². The Labute approximate surface area is 126 Å². The van der Waals surface area contributed by atoms with E-state index in [0.717, 1.165) is 31.2 Å². The van der Waals surface area contributed by atoms with Crippen molar-refractivity contribution in [2.45, 2.75) is 44.4 Å². The Bertz CT molecular complexity index is 417. The fourth-order valence-electron chi connectivity index (χ4n) is 2.49. The molecule has 0 aromatic heterocycles. The molecule has 0 radical (unpaired) electrons. The average molecular weight is 291 g/mol. The summed E-state index contributed by atoms with van der Waals surface area (Å²) in [5, 5.41) is 5.62. The zero-order valence-corrected chi connectivity index (χ0v) is 12.4. The number of ether oxygens (including phenoxy) is 1. The van der Waals surface area contributed by atoms with E-state index in [1.807, 2.05) is 30.3 Å². The average Bonchev–Trinajstić information content (AvgIpc) is 2.52. The van der Waals surface area contributed by atoms with E-state index >= 15 is 0 Å². The van der Waals surface area contributed by atoms with Crippen LogP contribution in [0, 0.1) is 0 Å². The van der Waals surface area contributed by atoms with Gasteiger partial charge in [0.1, 0.15) is 0 Å². The first-order valence-electron chi connectivity index (χ1n) is 7.67.